The molecule has 0 aliphatic carbocycles. The Kier molecular flexibility index (Phi) is 2.63. The summed E-state index contributed by atoms with van der Waals surface area (Å²) in [5.41, 5.74) is 1.43. The fourth-order valence-electron chi connectivity index (χ4n) is 1.31. The Hall–Kier alpha value is -1.16. The topological polar surface area (TPSA) is 30.7 Å². The summed E-state index contributed by atoms with van der Waals surface area (Å²) in [5, 5.41) is 7.83. The van der Waals surface area contributed by atoms with Crippen LogP contribution in [0.5, 0.6) is 0 Å². The van der Waals surface area contributed by atoms with Crippen LogP contribution in [0, 0.1) is 5.82 Å². The lowest BCUT2D eigenvalue weighted by atomic mass is 10.3. The number of aromatic nitrogens is 3. The summed E-state index contributed by atoms with van der Waals surface area (Å²) in [6.07, 6.45) is 0.802. The molecule has 0 bridgehead atoms. The molecule has 1 heterocycles. The first-order valence-electron chi connectivity index (χ1n) is 4.36. The van der Waals surface area contributed by atoms with Crippen molar-refractivity contribution < 1.29 is 4.39 Å². The summed E-state index contributed by atoms with van der Waals surface area (Å²) in [6, 6.07) is 4.43. The quantitative estimate of drug-likeness (QED) is 0.732. The molecule has 0 N–H and O–H groups in total. The third-order valence-corrected chi connectivity index (χ3v) is 2.25. The SMILES string of the molecule is Fc1ccc2nnn(CCCCl)c2c1. The van der Waals surface area contributed by atoms with E-state index in [2.05, 4.69) is 10.3 Å². The maximum atomic E-state index is 12.9. The molecule has 3 nitrogen and oxygen atoms in total. The van der Waals surface area contributed by atoms with Crippen molar-refractivity contribution in [3.63, 3.8) is 0 Å². The van der Waals surface area contributed by atoms with Gasteiger partial charge in [-0.15, -0.1) is 16.7 Å². The molecule has 0 saturated heterocycles. The molecule has 1 aromatic heterocycles. The summed E-state index contributed by atoms with van der Waals surface area (Å²) in [6.45, 7) is 0.670. The van der Waals surface area contributed by atoms with E-state index >= 15 is 0 Å². The monoisotopic (exact) mass is 213 g/mol. The number of hydrogen-bond donors (Lipinski definition) is 0. The summed E-state index contributed by atoms with van der Waals surface area (Å²) >= 11 is 5.57. The smallest absolute Gasteiger partial charge is 0.125 e. The minimum absolute atomic E-state index is 0.271. The predicted molar refractivity (Wildman–Crippen MR) is 52.8 cm³/mol. The van der Waals surface area contributed by atoms with Gasteiger partial charge in [0, 0.05) is 18.5 Å². The van der Waals surface area contributed by atoms with E-state index in [4.69, 9.17) is 11.6 Å². The van der Waals surface area contributed by atoms with Crippen molar-refractivity contribution in [3.8, 4) is 0 Å². The van der Waals surface area contributed by atoms with Crippen molar-refractivity contribution in [1.82, 2.24) is 15.0 Å². The van der Waals surface area contributed by atoms with Crippen molar-refractivity contribution in [2.45, 2.75) is 13.0 Å². The molecule has 0 fully saturated rings. The molecule has 0 aliphatic rings. The summed E-state index contributed by atoms with van der Waals surface area (Å²) in [4.78, 5) is 0. The van der Waals surface area contributed by atoms with Gasteiger partial charge >= 0.3 is 0 Å². The molecular weight excluding hydrogens is 205 g/mol. The number of rotatable bonds is 3. The molecule has 2 rings (SSSR count). The molecule has 0 saturated carbocycles. The van der Waals surface area contributed by atoms with E-state index in [1.54, 1.807) is 10.7 Å². The average Bonchev–Trinajstić information content (AvgIpc) is 2.57. The van der Waals surface area contributed by atoms with Crippen LogP contribution in [0.1, 0.15) is 6.42 Å². The van der Waals surface area contributed by atoms with E-state index < -0.39 is 0 Å². The van der Waals surface area contributed by atoms with Gasteiger partial charge in [0.2, 0.25) is 0 Å². The van der Waals surface area contributed by atoms with E-state index in [0.717, 1.165) is 11.9 Å². The Balaban J connectivity index is 2.40. The lowest BCUT2D eigenvalue weighted by molar-refractivity contribution is 0.593. The summed E-state index contributed by atoms with van der Waals surface area (Å²) in [7, 11) is 0. The fourth-order valence-corrected chi connectivity index (χ4v) is 1.43. The minimum atomic E-state index is -0.271. The van der Waals surface area contributed by atoms with Crippen LogP contribution in [0.2, 0.25) is 0 Å². The van der Waals surface area contributed by atoms with Crippen molar-refractivity contribution in [2.24, 2.45) is 0 Å². The number of fused-ring (bicyclic) bond motifs is 1. The van der Waals surface area contributed by atoms with Crippen molar-refractivity contribution in [2.75, 3.05) is 5.88 Å². The van der Waals surface area contributed by atoms with E-state index in [1.807, 2.05) is 0 Å². The van der Waals surface area contributed by atoms with Gasteiger partial charge in [-0.3, -0.25) is 0 Å². The zero-order valence-electron chi connectivity index (χ0n) is 7.45. The van der Waals surface area contributed by atoms with E-state index in [0.29, 0.717) is 17.9 Å². The van der Waals surface area contributed by atoms with Gasteiger partial charge in [0.15, 0.2) is 0 Å². The molecule has 1 aromatic carbocycles. The standard InChI is InChI=1S/C9H9ClFN3/c10-4-1-5-14-9-6-7(11)2-3-8(9)12-13-14/h2-3,6H,1,4-5H2. The molecule has 14 heavy (non-hydrogen) atoms. The second-order valence-corrected chi connectivity index (χ2v) is 3.37. The number of alkyl halides is 1. The molecular formula is C9H9ClFN3. The summed E-state index contributed by atoms with van der Waals surface area (Å²) in [5.74, 6) is 0.295. The molecule has 0 spiro atoms. The van der Waals surface area contributed by atoms with Crippen LogP contribution in [0.15, 0.2) is 18.2 Å². The fraction of sp³-hybridized carbons (Fsp3) is 0.333. The molecule has 5 heteroatoms. The van der Waals surface area contributed by atoms with Gasteiger partial charge in [-0.05, 0) is 18.6 Å². The maximum absolute atomic E-state index is 12.9. The van der Waals surface area contributed by atoms with Crippen molar-refractivity contribution in [3.05, 3.63) is 24.0 Å². The van der Waals surface area contributed by atoms with Crippen LogP contribution in [0.4, 0.5) is 4.39 Å². The number of benzene rings is 1. The molecule has 0 radical (unpaired) electrons. The van der Waals surface area contributed by atoms with Crippen LogP contribution < -0.4 is 0 Å². The van der Waals surface area contributed by atoms with Crippen LogP contribution in [0.25, 0.3) is 11.0 Å². The summed E-state index contributed by atoms with van der Waals surface area (Å²) < 4.78 is 14.6. The predicted octanol–water partition coefficient (Wildman–Crippen LogP) is 2.20. The molecule has 74 valence electrons. The number of nitrogens with zero attached hydrogens (tertiary/aromatic N) is 3. The first kappa shape index (κ1) is 9.40. The van der Waals surface area contributed by atoms with Crippen molar-refractivity contribution >= 4 is 22.6 Å². The molecule has 0 amide bonds. The van der Waals surface area contributed by atoms with E-state index in [-0.39, 0.29) is 5.82 Å². The Morgan fingerprint density at radius 2 is 2.29 bits per heavy atom. The van der Waals surface area contributed by atoms with Crippen molar-refractivity contribution in [1.29, 1.82) is 0 Å². The third-order valence-electron chi connectivity index (χ3n) is 1.98. The van der Waals surface area contributed by atoms with Gasteiger partial charge in [0.1, 0.15) is 11.3 Å². The Morgan fingerprint density at radius 3 is 3.07 bits per heavy atom. The lowest BCUT2D eigenvalue weighted by Gasteiger charge is -1.98. The second-order valence-electron chi connectivity index (χ2n) is 2.99. The number of halogens is 2. The molecule has 0 unspecified atom stereocenters. The molecule has 0 atom stereocenters. The van der Waals surface area contributed by atoms with Crippen LogP contribution in [0.3, 0.4) is 0 Å². The van der Waals surface area contributed by atoms with Crippen LogP contribution in [-0.2, 0) is 6.54 Å². The highest BCUT2D eigenvalue weighted by Gasteiger charge is 2.04. The first-order chi connectivity index (χ1) is 6.81. The molecule has 2 aromatic rings. The van der Waals surface area contributed by atoms with Crippen LogP contribution in [-0.4, -0.2) is 20.9 Å². The largest absolute Gasteiger partial charge is 0.245 e. The van der Waals surface area contributed by atoms with Crippen LogP contribution >= 0.6 is 11.6 Å². The number of hydrogen-bond acceptors (Lipinski definition) is 2. The Labute approximate surface area is 85.5 Å². The lowest BCUT2D eigenvalue weighted by Crippen LogP contribution is -2.00. The third kappa shape index (κ3) is 1.70. The minimum Gasteiger partial charge on any atom is -0.245 e. The van der Waals surface area contributed by atoms with E-state index in [9.17, 15) is 4.39 Å². The highest BCUT2D eigenvalue weighted by Crippen LogP contribution is 2.12. The highest BCUT2D eigenvalue weighted by molar-refractivity contribution is 6.17. The van der Waals surface area contributed by atoms with Gasteiger partial charge in [-0.25, -0.2) is 9.07 Å². The highest BCUT2D eigenvalue weighted by atomic mass is 35.5. The van der Waals surface area contributed by atoms with Gasteiger partial charge in [0.05, 0.1) is 5.52 Å². The second kappa shape index (κ2) is 3.92. The first-order valence-corrected chi connectivity index (χ1v) is 4.89. The zero-order chi connectivity index (χ0) is 9.97. The maximum Gasteiger partial charge on any atom is 0.125 e. The zero-order valence-corrected chi connectivity index (χ0v) is 8.21. The van der Waals surface area contributed by atoms with Gasteiger partial charge in [-0.2, -0.15) is 0 Å². The van der Waals surface area contributed by atoms with Gasteiger partial charge in [0.25, 0.3) is 0 Å². The number of aryl methyl sites for hydroxylation is 1. The van der Waals surface area contributed by atoms with E-state index in [1.165, 1.54) is 12.1 Å². The molecule has 0 aliphatic heterocycles. The average molecular weight is 214 g/mol. The van der Waals surface area contributed by atoms with Gasteiger partial charge < -0.3 is 0 Å². The Morgan fingerprint density at radius 1 is 1.43 bits per heavy atom. The van der Waals surface area contributed by atoms with Gasteiger partial charge in [-0.1, -0.05) is 5.21 Å². The normalized spacial score (nSPS) is 11.0. The Bertz CT molecular complexity index is 441.